The first-order chi connectivity index (χ1) is 5.74. The first kappa shape index (κ1) is 10.5. The molecule has 0 unspecified atom stereocenters. The van der Waals surface area contributed by atoms with Gasteiger partial charge in [0.15, 0.2) is 0 Å². The van der Waals surface area contributed by atoms with Crippen molar-refractivity contribution in [3.8, 4) is 11.8 Å². The van der Waals surface area contributed by atoms with E-state index in [4.69, 9.17) is 10.4 Å². The minimum absolute atomic E-state index is 0.180. The van der Waals surface area contributed by atoms with Crippen LogP contribution in [0.3, 0.4) is 0 Å². The Bertz CT molecular complexity index is 286. The number of nitriles is 1. The van der Waals surface area contributed by atoms with Gasteiger partial charge < -0.3 is 5.11 Å². The summed E-state index contributed by atoms with van der Waals surface area (Å²) in [6.45, 7) is 5.79. The highest BCUT2D eigenvalue weighted by atomic mass is 16.3. The average molecular weight is 163 g/mol. The Morgan fingerprint density at radius 3 is 2.33 bits per heavy atom. The van der Waals surface area contributed by atoms with Crippen LogP contribution < -0.4 is 0 Å². The molecule has 0 aromatic heterocycles. The summed E-state index contributed by atoms with van der Waals surface area (Å²) in [5, 5.41) is 17.5. The summed E-state index contributed by atoms with van der Waals surface area (Å²) in [5.41, 5.74) is 1.28. The first-order valence-electron chi connectivity index (χ1n) is 3.94. The van der Waals surface area contributed by atoms with Crippen LogP contribution in [0, 0.1) is 18.3 Å². The maximum Gasteiger partial charge on any atom is 0.119 e. The Balaban J connectivity index is 0.000000561. The van der Waals surface area contributed by atoms with Gasteiger partial charge in [-0.3, -0.25) is 0 Å². The van der Waals surface area contributed by atoms with Gasteiger partial charge in [-0.25, -0.2) is 0 Å². The normalized spacial score (nSPS) is 7.83. The molecule has 0 atom stereocenters. The number of phenols is 1. The number of nitrogens with zero attached hydrogens (tertiary/aromatic N) is 1. The molecular weight excluding hydrogens is 150 g/mol. The molecule has 1 aromatic rings. The van der Waals surface area contributed by atoms with E-state index < -0.39 is 0 Å². The van der Waals surface area contributed by atoms with Gasteiger partial charge in [0.1, 0.15) is 5.75 Å². The van der Waals surface area contributed by atoms with Crippen LogP contribution in [-0.2, 0) is 0 Å². The maximum atomic E-state index is 9.08. The summed E-state index contributed by atoms with van der Waals surface area (Å²) < 4.78 is 0. The summed E-state index contributed by atoms with van der Waals surface area (Å²) in [6.07, 6.45) is 0. The largest absolute Gasteiger partial charge is 0.508 e. The van der Waals surface area contributed by atoms with Crippen LogP contribution in [0.4, 0.5) is 0 Å². The highest BCUT2D eigenvalue weighted by Gasteiger charge is 1.95. The zero-order valence-electron chi connectivity index (χ0n) is 7.63. The lowest BCUT2D eigenvalue weighted by Gasteiger charge is -1.95. The topological polar surface area (TPSA) is 44.0 Å². The summed E-state index contributed by atoms with van der Waals surface area (Å²) in [4.78, 5) is 0. The van der Waals surface area contributed by atoms with Crippen LogP contribution in [-0.4, -0.2) is 5.11 Å². The molecule has 12 heavy (non-hydrogen) atoms. The van der Waals surface area contributed by atoms with E-state index in [2.05, 4.69) is 0 Å². The molecule has 1 aromatic carbocycles. The number of rotatable bonds is 0. The third-order valence-electron chi connectivity index (χ3n) is 1.34. The first-order valence-corrected chi connectivity index (χ1v) is 3.94. The molecule has 0 spiro atoms. The number of benzene rings is 1. The van der Waals surface area contributed by atoms with E-state index in [-0.39, 0.29) is 5.75 Å². The molecule has 0 saturated heterocycles. The van der Waals surface area contributed by atoms with Gasteiger partial charge in [-0.2, -0.15) is 5.26 Å². The van der Waals surface area contributed by atoms with Gasteiger partial charge in [0.2, 0.25) is 0 Å². The van der Waals surface area contributed by atoms with E-state index in [0.717, 1.165) is 5.56 Å². The Labute approximate surface area is 73.1 Å². The summed E-state index contributed by atoms with van der Waals surface area (Å²) >= 11 is 0. The van der Waals surface area contributed by atoms with Crippen molar-refractivity contribution in [2.75, 3.05) is 0 Å². The van der Waals surface area contributed by atoms with Gasteiger partial charge in [0, 0.05) is 0 Å². The van der Waals surface area contributed by atoms with Crippen molar-refractivity contribution < 1.29 is 5.11 Å². The smallest absolute Gasteiger partial charge is 0.119 e. The number of phenolic OH excluding ortho intramolecular Hbond substituents is 1. The van der Waals surface area contributed by atoms with E-state index in [1.54, 1.807) is 19.1 Å². The van der Waals surface area contributed by atoms with Crippen LogP contribution in [0.25, 0.3) is 0 Å². The molecule has 0 aliphatic rings. The molecule has 0 bridgehead atoms. The van der Waals surface area contributed by atoms with Gasteiger partial charge in [0.25, 0.3) is 0 Å². The van der Waals surface area contributed by atoms with Crippen molar-refractivity contribution in [1.82, 2.24) is 0 Å². The SMILES string of the molecule is CC.Cc1ccc(C#N)cc1O. The highest BCUT2D eigenvalue weighted by Crippen LogP contribution is 2.16. The standard InChI is InChI=1S/C8H7NO.C2H6/c1-6-2-3-7(5-9)4-8(6)10;1-2/h2-4,10H,1H3;1-2H3. The van der Waals surface area contributed by atoms with Gasteiger partial charge >= 0.3 is 0 Å². The molecule has 0 amide bonds. The number of aromatic hydroxyl groups is 1. The molecule has 0 fully saturated rings. The Kier molecular flexibility index (Phi) is 4.55. The lowest BCUT2D eigenvalue weighted by atomic mass is 10.1. The molecule has 0 saturated carbocycles. The van der Waals surface area contributed by atoms with E-state index in [9.17, 15) is 0 Å². The van der Waals surface area contributed by atoms with E-state index in [1.165, 1.54) is 6.07 Å². The van der Waals surface area contributed by atoms with Crippen molar-refractivity contribution in [2.45, 2.75) is 20.8 Å². The lowest BCUT2D eigenvalue weighted by molar-refractivity contribution is 0.471. The summed E-state index contributed by atoms with van der Waals surface area (Å²) in [5.74, 6) is 0.180. The van der Waals surface area contributed by atoms with Crippen LogP contribution in [0.5, 0.6) is 5.75 Å². The second-order valence-electron chi connectivity index (χ2n) is 2.11. The van der Waals surface area contributed by atoms with E-state index >= 15 is 0 Å². The van der Waals surface area contributed by atoms with Crippen molar-refractivity contribution in [1.29, 1.82) is 5.26 Å². The Morgan fingerprint density at radius 2 is 1.92 bits per heavy atom. The monoisotopic (exact) mass is 163 g/mol. The maximum absolute atomic E-state index is 9.08. The Hall–Kier alpha value is -1.49. The molecule has 0 heterocycles. The molecule has 1 N–H and O–H groups in total. The Morgan fingerprint density at radius 1 is 1.33 bits per heavy atom. The van der Waals surface area contributed by atoms with Crippen LogP contribution in [0.15, 0.2) is 18.2 Å². The summed E-state index contributed by atoms with van der Waals surface area (Å²) in [7, 11) is 0. The lowest BCUT2D eigenvalue weighted by Crippen LogP contribution is -1.76. The predicted molar refractivity (Wildman–Crippen MR) is 48.9 cm³/mol. The molecule has 2 heteroatoms. The van der Waals surface area contributed by atoms with Gasteiger partial charge in [0.05, 0.1) is 11.6 Å². The predicted octanol–water partition coefficient (Wildman–Crippen LogP) is 2.60. The molecular formula is C10H13NO. The zero-order valence-corrected chi connectivity index (χ0v) is 7.63. The molecule has 64 valence electrons. The minimum Gasteiger partial charge on any atom is -0.508 e. The van der Waals surface area contributed by atoms with Crippen molar-refractivity contribution in [3.63, 3.8) is 0 Å². The quantitative estimate of drug-likeness (QED) is 0.638. The third-order valence-corrected chi connectivity index (χ3v) is 1.34. The summed E-state index contributed by atoms with van der Waals surface area (Å²) in [6, 6.07) is 6.78. The van der Waals surface area contributed by atoms with Crippen LogP contribution in [0.1, 0.15) is 25.0 Å². The van der Waals surface area contributed by atoms with Crippen LogP contribution in [0.2, 0.25) is 0 Å². The van der Waals surface area contributed by atoms with E-state index in [0.29, 0.717) is 5.56 Å². The zero-order chi connectivity index (χ0) is 9.56. The minimum atomic E-state index is 0.180. The van der Waals surface area contributed by atoms with Crippen LogP contribution >= 0.6 is 0 Å². The van der Waals surface area contributed by atoms with Gasteiger partial charge in [-0.15, -0.1) is 0 Å². The van der Waals surface area contributed by atoms with Gasteiger partial charge in [-0.05, 0) is 24.6 Å². The van der Waals surface area contributed by atoms with Gasteiger partial charge in [-0.1, -0.05) is 19.9 Å². The third kappa shape index (κ3) is 2.63. The molecule has 0 aliphatic carbocycles. The number of aryl methyl sites for hydroxylation is 1. The fraction of sp³-hybridized carbons (Fsp3) is 0.300. The van der Waals surface area contributed by atoms with Crippen molar-refractivity contribution in [2.24, 2.45) is 0 Å². The fourth-order valence-electron chi connectivity index (χ4n) is 0.679. The van der Waals surface area contributed by atoms with E-state index in [1.807, 2.05) is 19.9 Å². The second kappa shape index (κ2) is 5.20. The molecule has 0 aliphatic heterocycles. The second-order valence-corrected chi connectivity index (χ2v) is 2.11. The number of hydrogen-bond acceptors (Lipinski definition) is 2. The average Bonchev–Trinajstić information content (AvgIpc) is 2.13. The van der Waals surface area contributed by atoms with Crippen molar-refractivity contribution >= 4 is 0 Å². The highest BCUT2D eigenvalue weighted by molar-refractivity contribution is 5.40. The number of hydrogen-bond donors (Lipinski definition) is 1. The molecule has 1 rings (SSSR count). The fourth-order valence-corrected chi connectivity index (χ4v) is 0.679. The molecule has 2 nitrogen and oxygen atoms in total. The van der Waals surface area contributed by atoms with Crippen molar-refractivity contribution in [3.05, 3.63) is 29.3 Å². The molecule has 0 radical (unpaired) electrons.